The summed E-state index contributed by atoms with van der Waals surface area (Å²) in [6.07, 6.45) is 0. The van der Waals surface area contributed by atoms with Crippen LogP contribution in [0.2, 0.25) is 0 Å². The lowest BCUT2D eigenvalue weighted by atomic mass is 9.90. The summed E-state index contributed by atoms with van der Waals surface area (Å²) in [7, 11) is 2.75. The molecule has 0 aliphatic heterocycles. The smallest absolute Gasteiger partial charge is 0.249 e. The molecule has 3 aromatic rings. The number of nitrogens with two attached hydrogens (primary N) is 1. The highest BCUT2D eigenvalue weighted by molar-refractivity contribution is 7.28. The van der Waals surface area contributed by atoms with Crippen LogP contribution in [0.4, 0.5) is 0 Å². The van der Waals surface area contributed by atoms with Gasteiger partial charge in [-0.15, -0.1) is 9.24 Å². The molecule has 0 aromatic heterocycles. The topological polar surface area (TPSA) is 43.1 Å². The Morgan fingerprint density at radius 2 is 1.23 bits per heavy atom. The molecular formula is C19H16NOP. The molecule has 0 saturated carbocycles. The molecule has 3 rings (SSSR count). The highest BCUT2D eigenvalue weighted by Gasteiger charge is 2.17. The summed E-state index contributed by atoms with van der Waals surface area (Å²) < 4.78 is 0. The van der Waals surface area contributed by atoms with Gasteiger partial charge in [-0.3, -0.25) is 4.79 Å². The van der Waals surface area contributed by atoms with Crippen LogP contribution in [0.3, 0.4) is 0 Å². The van der Waals surface area contributed by atoms with E-state index in [0.717, 1.165) is 27.6 Å². The fourth-order valence-corrected chi connectivity index (χ4v) is 3.05. The van der Waals surface area contributed by atoms with Crippen molar-refractivity contribution in [1.29, 1.82) is 0 Å². The number of benzene rings is 3. The molecule has 3 aromatic carbocycles. The number of carbonyl (C=O) groups excluding carboxylic acids is 1. The summed E-state index contributed by atoms with van der Waals surface area (Å²) in [5, 5.41) is 1.04. The number of hydrogen-bond acceptors (Lipinski definition) is 1. The molecule has 0 aliphatic carbocycles. The first-order valence-corrected chi connectivity index (χ1v) is 7.59. The van der Waals surface area contributed by atoms with Crippen LogP contribution >= 0.6 is 9.24 Å². The zero-order valence-corrected chi connectivity index (χ0v) is 13.1. The Bertz CT molecular complexity index is 814. The number of primary amides is 1. The van der Waals surface area contributed by atoms with E-state index in [4.69, 9.17) is 5.73 Å². The zero-order chi connectivity index (χ0) is 15.5. The van der Waals surface area contributed by atoms with Crippen molar-refractivity contribution in [2.24, 2.45) is 5.73 Å². The summed E-state index contributed by atoms with van der Waals surface area (Å²) in [4.78, 5) is 11.9. The first kappa shape index (κ1) is 14.5. The largest absolute Gasteiger partial charge is 0.366 e. The van der Waals surface area contributed by atoms with E-state index in [9.17, 15) is 4.79 Å². The predicted octanol–water partition coefficient (Wildman–Crippen LogP) is 3.62. The highest BCUT2D eigenvalue weighted by atomic mass is 31.0. The standard InChI is InChI=1S/C19H16NOP/c20-19(21)15-11-12-16(22)18(14-9-5-2-6-10-14)17(15)13-7-3-1-4-8-13/h1-12H,22H2,(H2,20,21). The molecule has 2 nitrogen and oxygen atoms in total. The normalized spacial score (nSPS) is 10.4. The maximum atomic E-state index is 11.9. The maximum absolute atomic E-state index is 11.9. The molecule has 1 unspecified atom stereocenters. The van der Waals surface area contributed by atoms with E-state index in [0.29, 0.717) is 5.56 Å². The second-order valence-electron chi connectivity index (χ2n) is 5.05. The molecule has 0 spiro atoms. The molecule has 1 amide bonds. The third kappa shape index (κ3) is 2.66. The van der Waals surface area contributed by atoms with Crippen LogP contribution < -0.4 is 11.0 Å². The van der Waals surface area contributed by atoms with Gasteiger partial charge in [0.2, 0.25) is 5.91 Å². The molecule has 0 fully saturated rings. The van der Waals surface area contributed by atoms with Gasteiger partial charge in [-0.25, -0.2) is 0 Å². The van der Waals surface area contributed by atoms with Crippen molar-refractivity contribution >= 4 is 20.5 Å². The Balaban J connectivity index is 2.38. The lowest BCUT2D eigenvalue weighted by Gasteiger charge is -2.16. The van der Waals surface area contributed by atoms with E-state index in [1.54, 1.807) is 6.07 Å². The number of carbonyl (C=O) groups is 1. The monoisotopic (exact) mass is 305 g/mol. The van der Waals surface area contributed by atoms with Crippen molar-refractivity contribution in [1.82, 2.24) is 0 Å². The minimum absolute atomic E-state index is 0.416. The molecule has 0 saturated heterocycles. The fourth-order valence-electron chi connectivity index (χ4n) is 2.64. The van der Waals surface area contributed by atoms with Crippen molar-refractivity contribution in [3.63, 3.8) is 0 Å². The lowest BCUT2D eigenvalue weighted by Crippen LogP contribution is -2.15. The Labute approximate surface area is 132 Å². The zero-order valence-electron chi connectivity index (χ0n) is 12.0. The molecule has 3 heteroatoms. The van der Waals surface area contributed by atoms with Gasteiger partial charge in [-0.1, -0.05) is 66.7 Å². The SMILES string of the molecule is NC(=O)c1ccc(P)c(-c2ccccc2)c1-c1ccccc1. The van der Waals surface area contributed by atoms with Crippen molar-refractivity contribution in [3.05, 3.63) is 78.4 Å². The first-order valence-electron chi connectivity index (χ1n) is 7.01. The number of rotatable bonds is 3. The van der Waals surface area contributed by atoms with Gasteiger partial charge in [0.05, 0.1) is 0 Å². The molecule has 0 aliphatic rings. The molecule has 0 heterocycles. The quantitative estimate of drug-likeness (QED) is 0.738. The van der Waals surface area contributed by atoms with Crippen molar-refractivity contribution < 1.29 is 4.79 Å². The van der Waals surface area contributed by atoms with Crippen LogP contribution in [0.1, 0.15) is 10.4 Å². The van der Waals surface area contributed by atoms with Gasteiger partial charge in [0.15, 0.2) is 0 Å². The van der Waals surface area contributed by atoms with Crippen LogP contribution in [0.5, 0.6) is 0 Å². The summed E-state index contributed by atoms with van der Waals surface area (Å²) >= 11 is 0. The number of amides is 1. The molecule has 2 N–H and O–H groups in total. The van der Waals surface area contributed by atoms with Gasteiger partial charge in [0, 0.05) is 11.1 Å². The third-order valence-corrected chi connectivity index (χ3v) is 4.11. The van der Waals surface area contributed by atoms with Crippen molar-refractivity contribution in [2.75, 3.05) is 0 Å². The van der Waals surface area contributed by atoms with Crippen LogP contribution in [0.15, 0.2) is 72.8 Å². The van der Waals surface area contributed by atoms with Crippen LogP contribution in [-0.2, 0) is 0 Å². The number of hydrogen-bond donors (Lipinski definition) is 1. The minimum Gasteiger partial charge on any atom is -0.366 e. The average molecular weight is 305 g/mol. The van der Waals surface area contributed by atoms with Gasteiger partial charge in [0.25, 0.3) is 0 Å². The lowest BCUT2D eigenvalue weighted by molar-refractivity contribution is 0.100. The summed E-state index contributed by atoms with van der Waals surface area (Å²) in [5.41, 5.74) is 10.1. The summed E-state index contributed by atoms with van der Waals surface area (Å²) in [6, 6.07) is 23.6. The van der Waals surface area contributed by atoms with E-state index in [1.165, 1.54) is 0 Å². The van der Waals surface area contributed by atoms with E-state index < -0.39 is 5.91 Å². The molecule has 0 bridgehead atoms. The summed E-state index contributed by atoms with van der Waals surface area (Å²) in [6.45, 7) is 0. The average Bonchev–Trinajstić information content (AvgIpc) is 2.56. The van der Waals surface area contributed by atoms with E-state index in [1.807, 2.05) is 66.7 Å². The van der Waals surface area contributed by atoms with E-state index in [2.05, 4.69) is 9.24 Å². The van der Waals surface area contributed by atoms with Crippen molar-refractivity contribution in [2.45, 2.75) is 0 Å². The van der Waals surface area contributed by atoms with Gasteiger partial charge < -0.3 is 5.73 Å². The van der Waals surface area contributed by atoms with Gasteiger partial charge in [-0.2, -0.15) is 0 Å². The van der Waals surface area contributed by atoms with Crippen LogP contribution in [0.25, 0.3) is 22.3 Å². The Kier molecular flexibility index (Phi) is 4.04. The second-order valence-corrected chi connectivity index (χ2v) is 5.67. The maximum Gasteiger partial charge on any atom is 0.249 e. The van der Waals surface area contributed by atoms with Gasteiger partial charge >= 0.3 is 0 Å². The fraction of sp³-hybridized carbons (Fsp3) is 0. The summed E-state index contributed by atoms with van der Waals surface area (Å²) in [5.74, 6) is -0.416. The minimum atomic E-state index is -0.416. The van der Waals surface area contributed by atoms with Crippen LogP contribution in [0, 0.1) is 0 Å². The first-order chi connectivity index (χ1) is 10.7. The Morgan fingerprint density at radius 1 is 0.727 bits per heavy atom. The predicted molar refractivity (Wildman–Crippen MR) is 95.2 cm³/mol. The highest BCUT2D eigenvalue weighted by Crippen LogP contribution is 2.34. The molecular weight excluding hydrogens is 289 g/mol. The van der Waals surface area contributed by atoms with Crippen molar-refractivity contribution in [3.8, 4) is 22.3 Å². The second kappa shape index (κ2) is 6.13. The molecule has 108 valence electrons. The van der Waals surface area contributed by atoms with E-state index >= 15 is 0 Å². The third-order valence-electron chi connectivity index (χ3n) is 3.63. The van der Waals surface area contributed by atoms with Crippen LogP contribution in [-0.4, -0.2) is 5.91 Å². The van der Waals surface area contributed by atoms with Gasteiger partial charge in [-0.05, 0) is 28.1 Å². The van der Waals surface area contributed by atoms with Gasteiger partial charge in [0.1, 0.15) is 0 Å². The molecule has 1 atom stereocenters. The van der Waals surface area contributed by atoms with E-state index in [-0.39, 0.29) is 0 Å². The Hall–Kier alpha value is -2.44. The Morgan fingerprint density at radius 3 is 1.73 bits per heavy atom. The molecule has 22 heavy (non-hydrogen) atoms. The molecule has 0 radical (unpaired) electrons.